The lowest BCUT2D eigenvalue weighted by molar-refractivity contribution is -0.137. The molecule has 5 heteroatoms. The number of unbranched alkanes of at least 4 members (excludes halogenated alkanes) is 2. The van der Waals surface area contributed by atoms with Crippen LogP contribution in [0.4, 0.5) is 0 Å². The zero-order valence-electron chi connectivity index (χ0n) is 9.39. The first-order valence-electron chi connectivity index (χ1n) is 5.74. The zero-order chi connectivity index (χ0) is 12.0. The molecule has 0 aromatic heterocycles. The third-order valence-corrected chi connectivity index (χ3v) is 3.39. The van der Waals surface area contributed by atoms with Gasteiger partial charge in [-0.3, -0.25) is 9.59 Å². The predicted octanol–water partition coefficient (Wildman–Crippen LogP) is 1.41. The van der Waals surface area contributed by atoms with Crippen molar-refractivity contribution in [2.24, 2.45) is 5.92 Å². The first-order chi connectivity index (χ1) is 7.63. The Hall–Kier alpha value is -0.710. The van der Waals surface area contributed by atoms with Crippen LogP contribution in [0.15, 0.2) is 0 Å². The third kappa shape index (κ3) is 4.43. The number of carboxylic acids is 1. The monoisotopic (exact) mass is 245 g/mol. The fourth-order valence-electron chi connectivity index (χ4n) is 1.95. The van der Waals surface area contributed by atoms with Crippen molar-refractivity contribution >= 4 is 24.5 Å². The maximum atomic E-state index is 11.5. The maximum absolute atomic E-state index is 11.5. The number of nitrogens with zero attached hydrogens (tertiary/aromatic N) is 1. The molecule has 1 aliphatic heterocycles. The topological polar surface area (TPSA) is 57.6 Å². The van der Waals surface area contributed by atoms with Gasteiger partial charge in [-0.1, -0.05) is 6.42 Å². The van der Waals surface area contributed by atoms with E-state index >= 15 is 0 Å². The molecule has 0 aromatic carbocycles. The highest BCUT2D eigenvalue weighted by Gasteiger charge is 2.27. The van der Waals surface area contributed by atoms with Crippen LogP contribution in [0.2, 0.25) is 0 Å². The number of likely N-dealkylation sites (tertiary alicyclic amines) is 1. The summed E-state index contributed by atoms with van der Waals surface area (Å²) in [6.07, 6.45) is 3.33. The number of rotatable bonds is 7. The van der Waals surface area contributed by atoms with Gasteiger partial charge in [0.25, 0.3) is 0 Å². The quantitative estimate of drug-likeness (QED) is 0.526. The van der Waals surface area contributed by atoms with Crippen LogP contribution >= 0.6 is 12.6 Å². The SMILES string of the molecule is O=C(O)CCCCCN1CC(CS)CC1=O. The average Bonchev–Trinajstić information content (AvgIpc) is 2.59. The number of hydrogen-bond donors (Lipinski definition) is 2. The van der Waals surface area contributed by atoms with Gasteiger partial charge in [-0.15, -0.1) is 0 Å². The smallest absolute Gasteiger partial charge is 0.303 e. The van der Waals surface area contributed by atoms with Crippen LogP contribution in [0, 0.1) is 5.92 Å². The van der Waals surface area contributed by atoms with E-state index in [9.17, 15) is 9.59 Å². The minimum absolute atomic E-state index is 0.220. The van der Waals surface area contributed by atoms with Crippen molar-refractivity contribution in [2.75, 3.05) is 18.8 Å². The molecule has 1 unspecified atom stereocenters. The molecule has 16 heavy (non-hydrogen) atoms. The number of amides is 1. The molecule has 0 bridgehead atoms. The van der Waals surface area contributed by atoms with Crippen LogP contribution in [-0.2, 0) is 9.59 Å². The Morgan fingerprint density at radius 3 is 2.75 bits per heavy atom. The first-order valence-corrected chi connectivity index (χ1v) is 6.37. The minimum atomic E-state index is -0.743. The largest absolute Gasteiger partial charge is 0.481 e. The van der Waals surface area contributed by atoms with Gasteiger partial charge in [-0.2, -0.15) is 12.6 Å². The van der Waals surface area contributed by atoms with Gasteiger partial charge in [-0.05, 0) is 24.5 Å². The molecule has 1 heterocycles. The van der Waals surface area contributed by atoms with E-state index in [4.69, 9.17) is 5.11 Å². The standard InChI is InChI=1S/C11H19NO3S/c13-10-6-9(8-16)7-12(10)5-3-1-2-4-11(14)15/h9,16H,1-8H2,(H,14,15). The Labute approximate surface area is 101 Å². The molecule has 1 fully saturated rings. The number of carbonyl (C=O) groups is 2. The van der Waals surface area contributed by atoms with E-state index in [1.807, 2.05) is 4.90 Å². The van der Waals surface area contributed by atoms with Crippen LogP contribution in [-0.4, -0.2) is 40.7 Å². The van der Waals surface area contributed by atoms with Crippen LogP contribution in [0.25, 0.3) is 0 Å². The van der Waals surface area contributed by atoms with Crippen molar-refractivity contribution in [3.63, 3.8) is 0 Å². The van der Waals surface area contributed by atoms with E-state index in [1.54, 1.807) is 0 Å². The van der Waals surface area contributed by atoms with Gasteiger partial charge in [0.1, 0.15) is 0 Å². The molecule has 0 saturated carbocycles. The molecule has 1 N–H and O–H groups in total. The summed E-state index contributed by atoms with van der Waals surface area (Å²) in [5.41, 5.74) is 0. The minimum Gasteiger partial charge on any atom is -0.481 e. The van der Waals surface area contributed by atoms with Crippen molar-refractivity contribution in [2.45, 2.75) is 32.1 Å². The van der Waals surface area contributed by atoms with Gasteiger partial charge in [-0.25, -0.2) is 0 Å². The van der Waals surface area contributed by atoms with Gasteiger partial charge in [0.05, 0.1) is 0 Å². The second-order valence-electron chi connectivity index (χ2n) is 4.30. The molecule has 0 radical (unpaired) electrons. The molecular weight excluding hydrogens is 226 g/mol. The lowest BCUT2D eigenvalue weighted by atomic mass is 10.1. The molecule has 1 amide bonds. The van der Waals surface area contributed by atoms with Gasteiger partial charge in [0.2, 0.25) is 5.91 Å². The molecule has 0 aromatic rings. The highest BCUT2D eigenvalue weighted by molar-refractivity contribution is 7.80. The van der Waals surface area contributed by atoms with E-state index < -0.39 is 5.97 Å². The van der Waals surface area contributed by atoms with E-state index in [1.165, 1.54) is 0 Å². The highest BCUT2D eigenvalue weighted by Crippen LogP contribution is 2.19. The van der Waals surface area contributed by atoms with E-state index in [0.29, 0.717) is 18.8 Å². The van der Waals surface area contributed by atoms with E-state index in [2.05, 4.69) is 12.6 Å². The zero-order valence-corrected chi connectivity index (χ0v) is 10.3. The molecule has 1 atom stereocenters. The van der Waals surface area contributed by atoms with E-state index in [-0.39, 0.29) is 12.3 Å². The van der Waals surface area contributed by atoms with E-state index in [0.717, 1.165) is 31.7 Å². The summed E-state index contributed by atoms with van der Waals surface area (Å²) in [7, 11) is 0. The highest BCUT2D eigenvalue weighted by atomic mass is 32.1. The van der Waals surface area contributed by atoms with Crippen molar-refractivity contribution < 1.29 is 14.7 Å². The Kier molecular flexibility index (Phi) is 5.66. The molecule has 92 valence electrons. The first kappa shape index (κ1) is 13.4. The molecule has 4 nitrogen and oxygen atoms in total. The fraction of sp³-hybridized carbons (Fsp3) is 0.818. The molecule has 0 aliphatic carbocycles. The molecule has 1 rings (SSSR count). The average molecular weight is 245 g/mol. The molecular formula is C11H19NO3S. The summed E-state index contributed by atoms with van der Waals surface area (Å²) in [6, 6.07) is 0. The van der Waals surface area contributed by atoms with Crippen LogP contribution in [0.1, 0.15) is 32.1 Å². The Bertz CT molecular complexity index is 258. The van der Waals surface area contributed by atoms with Crippen LogP contribution in [0.3, 0.4) is 0 Å². The van der Waals surface area contributed by atoms with Gasteiger partial charge in [0, 0.05) is 25.9 Å². The van der Waals surface area contributed by atoms with Crippen molar-refractivity contribution in [3.8, 4) is 0 Å². The summed E-state index contributed by atoms with van der Waals surface area (Å²) in [5.74, 6) is 0.640. The number of thiol groups is 1. The second kappa shape index (κ2) is 6.78. The molecule has 1 aliphatic rings. The molecule has 0 spiro atoms. The Balaban J connectivity index is 2.09. The lowest BCUT2D eigenvalue weighted by Gasteiger charge is -2.15. The predicted molar refractivity (Wildman–Crippen MR) is 64.6 cm³/mol. The number of hydrogen-bond acceptors (Lipinski definition) is 3. The number of carbonyl (C=O) groups excluding carboxylic acids is 1. The summed E-state index contributed by atoms with van der Waals surface area (Å²) in [4.78, 5) is 23.7. The maximum Gasteiger partial charge on any atom is 0.303 e. The Morgan fingerprint density at radius 2 is 2.19 bits per heavy atom. The fourth-order valence-corrected chi connectivity index (χ4v) is 2.19. The van der Waals surface area contributed by atoms with Crippen LogP contribution in [0.5, 0.6) is 0 Å². The van der Waals surface area contributed by atoms with Gasteiger partial charge < -0.3 is 10.0 Å². The number of carboxylic acid groups (broad SMARTS) is 1. The summed E-state index contributed by atoms with van der Waals surface area (Å²) < 4.78 is 0. The summed E-state index contributed by atoms with van der Waals surface area (Å²) >= 11 is 4.20. The van der Waals surface area contributed by atoms with Gasteiger partial charge >= 0.3 is 5.97 Å². The van der Waals surface area contributed by atoms with Crippen LogP contribution < -0.4 is 0 Å². The lowest BCUT2D eigenvalue weighted by Crippen LogP contribution is -2.26. The van der Waals surface area contributed by atoms with Crippen molar-refractivity contribution in [1.82, 2.24) is 4.90 Å². The normalized spacial score (nSPS) is 20.4. The van der Waals surface area contributed by atoms with Crippen molar-refractivity contribution in [1.29, 1.82) is 0 Å². The second-order valence-corrected chi connectivity index (χ2v) is 4.66. The van der Waals surface area contributed by atoms with Crippen molar-refractivity contribution in [3.05, 3.63) is 0 Å². The van der Waals surface area contributed by atoms with Gasteiger partial charge in [0.15, 0.2) is 0 Å². The summed E-state index contributed by atoms with van der Waals surface area (Å²) in [6.45, 7) is 1.59. The molecule has 1 saturated heterocycles. The summed E-state index contributed by atoms with van der Waals surface area (Å²) in [5, 5.41) is 8.46. The number of aliphatic carboxylic acids is 1. The Morgan fingerprint density at radius 1 is 1.44 bits per heavy atom. The third-order valence-electron chi connectivity index (χ3n) is 2.87.